The lowest BCUT2D eigenvalue weighted by molar-refractivity contribution is -0.119. The zero-order valence-corrected chi connectivity index (χ0v) is 16.9. The molecule has 4 aromatic rings. The van der Waals surface area contributed by atoms with E-state index in [4.69, 9.17) is 4.98 Å². The molecular weight excluding hydrogens is 374 g/mol. The molecule has 2 heterocycles. The van der Waals surface area contributed by atoms with Crippen LogP contribution < -0.4 is 10.5 Å². The highest BCUT2D eigenvalue weighted by atomic mass is 16.2. The second-order valence-electron chi connectivity index (χ2n) is 7.74. The fourth-order valence-electron chi connectivity index (χ4n) is 4.30. The number of amides is 1. The molecule has 5 heteroatoms. The summed E-state index contributed by atoms with van der Waals surface area (Å²) in [6, 6.07) is 23.0. The van der Waals surface area contributed by atoms with Crippen LogP contribution in [0.5, 0.6) is 0 Å². The van der Waals surface area contributed by atoms with Gasteiger partial charge in [0.05, 0.1) is 22.5 Å². The van der Waals surface area contributed by atoms with Gasteiger partial charge in [0, 0.05) is 19.2 Å². The van der Waals surface area contributed by atoms with Crippen molar-refractivity contribution in [3.05, 3.63) is 100 Å². The number of para-hydroxylation sites is 2. The molecule has 0 saturated heterocycles. The van der Waals surface area contributed by atoms with E-state index in [1.807, 2.05) is 73.7 Å². The van der Waals surface area contributed by atoms with Gasteiger partial charge in [-0.25, -0.2) is 4.98 Å². The first-order chi connectivity index (χ1) is 14.5. The number of aryl methyl sites for hydroxylation is 1. The second-order valence-corrected chi connectivity index (χ2v) is 7.74. The van der Waals surface area contributed by atoms with Crippen LogP contribution in [-0.2, 0) is 11.2 Å². The molecule has 5 rings (SSSR count). The van der Waals surface area contributed by atoms with Crippen molar-refractivity contribution in [3.8, 4) is 5.69 Å². The smallest absolute Gasteiger partial charge is 0.265 e. The average Bonchev–Trinajstić information content (AvgIpc) is 2.99. The summed E-state index contributed by atoms with van der Waals surface area (Å²) >= 11 is 0. The van der Waals surface area contributed by atoms with E-state index in [1.165, 1.54) is 0 Å². The normalized spacial score (nSPS) is 15.6. The van der Waals surface area contributed by atoms with Crippen molar-refractivity contribution in [2.75, 3.05) is 11.9 Å². The molecule has 30 heavy (non-hydrogen) atoms. The largest absolute Gasteiger partial charge is 0.315 e. The van der Waals surface area contributed by atoms with Crippen molar-refractivity contribution in [1.29, 1.82) is 0 Å². The molecule has 1 amide bonds. The van der Waals surface area contributed by atoms with Crippen molar-refractivity contribution in [1.82, 2.24) is 9.55 Å². The van der Waals surface area contributed by atoms with Crippen LogP contribution in [-0.4, -0.2) is 22.5 Å². The van der Waals surface area contributed by atoms with Gasteiger partial charge in [0.1, 0.15) is 5.82 Å². The molecule has 1 atom stereocenters. The van der Waals surface area contributed by atoms with Crippen LogP contribution in [0.3, 0.4) is 0 Å². The highest BCUT2D eigenvalue weighted by molar-refractivity contribution is 6.04. The molecule has 1 aliphatic heterocycles. The summed E-state index contributed by atoms with van der Waals surface area (Å²) in [5, 5.41) is 0.568. The van der Waals surface area contributed by atoms with Gasteiger partial charge in [0.15, 0.2) is 0 Å². The molecular formula is C25H21N3O2. The lowest BCUT2D eigenvalue weighted by Gasteiger charge is -2.17. The lowest BCUT2D eigenvalue weighted by Crippen LogP contribution is -2.29. The molecule has 1 aromatic heterocycles. The first-order valence-electron chi connectivity index (χ1n) is 9.99. The monoisotopic (exact) mass is 395 g/mol. The summed E-state index contributed by atoms with van der Waals surface area (Å²) in [6.45, 7) is 1.99. The summed E-state index contributed by atoms with van der Waals surface area (Å²) in [5.41, 5.74) is 4.24. The predicted octanol–water partition coefficient (Wildman–Crippen LogP) is 4.00. The minimum atomic E-state index is -0.365. The van der Waals surface area contributed by atoms with Gasteiger partial charge in [-0.2, -0.15) is 0 Å². The number of benzene rings is 3. The van der Waals surface area contributed by atoms with E-state index in [0.717, 1.165) is 22.5 Å². The van der Waals surface area contributed by atoms with Gasteiger partial charge in [0.2, 0.25) is 5.91 Å². The van der Waals surface area contributed by atoms with Gasteiger partial charge in [-0.1, -0.05) is 42.5 Å². The molecule has 0 aliphatic carbocycles. The number of rotatable bonds is 3. The number of aromatic nitrogens is 2. The molecule has 3 aromatic carbocycles. The molecule has 0 radical (unpaired) electrons. The van der Waals surface area contributed by atoms with Gasteiger partial charge < -0.3 is 4.90 Å². The molecule has 0 fully saturated rings. The van der Waals surface area contributed by atoms with E-state index in [2.05, 4.69) is 0 Å². The van der Waals surface area contributed by atoms with Crippen LogP contribution in [0.4, 0.5) is 5.69 Å². The Balaban J connectivity index is 1.72. The molecule has 0 saturated carbocycles. The SMILES string of the molecule is Cc1cccc(-n2c(C[C@H]3C(=O)N(C)c4ccccc43)nc3ccccc3c2=O)c1. The molecule has 0 unspecified atom stereocenters. The lowest BCUT2D eigenvalue weighted by atomic mass is 9.96. The Labute approximate surface area is 174 Å². The predicted molar refractivity (Wildman–Crippen MR) is 118 cm³/mol. The van der Waals surface area contributed by atoms with Gasteiger partial charge >= 0.3 is 0 Å². The van der Waals surface area contributed by atoms with Crippen molar-refractivity contribution >= 4 is 22.5 Å². The number of carbonyl (C=O) groups excluding carboxylic acids is 1. The minimum absolute atomic E-state index is 0.0226. The summed E-state index contributed by atoms with van der Waals surface area (Å²) in [5.74, 6) is 0.248. The van der Waals surface area contributed by atoms with Gasteiger partial charge in [-0.15, -0.1) is 0 Å². The summed E-state index contributed by atoms with van der Waals surface area (Å²) in [6.07, 6.45) is 0.355. The van der Waals surface area contributed by atoms with Crippen LogP contribution in [0.1, 0.15) is 22.9 Å². The van der Waals surface area contributed by atoms with E-state index in [0.29, 0.717) is 23.1 Å². The third-order valence-electron chi connectivity index (χ3n) is 5.79. The third-order valence-corrected chi connectivity index (χ3v) is 5.79. The number of fused-ring (bicyclic) bond motifs is 2. The maximum atomic E-state index is 13.5. The van der Waals surface area contributed by atoms with E-state index in [1.54, 1.807) is 22.6 Å². The van der Waals surface area contributed by atoms with Gasteiger partial charge in [-0.05, 0) is 48.4 Å². The Morgan fingerprint density at radius 2 is 1.70 bits per heavy atom. The number of anilines is 1. The number of hydrogen-bond acceptors (Lipinski definition) is 3. The van der Waals surface area contributed by atoms with E-state index in [-0.39, 0.29) is 17.4 Å². The van der Waals surface area contributed by atoms with Crippen LogP contribution in [0, 0.1) is 6.92 Å². The van der Waals surface area contributed by atoms with Crippen molar-refractivity contribution in [2.24, 2.45) is 0 Å². The van der Waals surface area contributed by atoms with Gasteiger partial charge in [0.25, 0.3) is 5.56 Å². The third kappa shape index (κ3) is 2.82. The highest BCUT2D eigenvalue weighted by Crippen LogP contribution is 2.38. The fraction of sp³-hybridized carbons (Fsp3) is 0.160. The molecule has 148 valence electrons. The first kappa shape index (κ1) is 18.3. The molecule has 5 nitrogen and oxygen atoms in total. The molecule has 0 N–H and O–H groups in total. The topological polar surface area (TPSA) is 55.2 Å². The van der Waals surface area contributed by atoms with Crippen LogP contribution in [0.15, 0.2) is 77.6 Å². The van der Waals surface area contributed by atoms with Crippen LogP contribution in [0.2, 0.25) is 0 Å². The van der Waals surface area contributed by atoms with Gasteiger partial charge in [-0.3, -0.25) is 14.2 Å². The maximum Gasteiger partial charge on any atom is 0.265 e. The number of likely N-dealkylation sites (N-methyl/N-ethyl adjacent to an activating group) is 1. The fourth-order valence-corrected chi connectivity index (χ4v) is 4.30. The quantitative estimate of drug-likeness (QED) is 0.527. The Morgan fingerprint density at radius 1 is 0.933 bits per heavy atom. The summed E-state index contributed by atoms with van der Waals surface area (Å²) in [7, 11) is 1.79. The van der Waals surface area contributed by atoms with E-state index in [9.17, 15) is 9.59 Å². The minimum Gasteiger partial charge on any atom is -0.315 e. The van der Waals surface area contributed by atoms with Crippen molar-refractivity contribution in [2.45, 2.75) is 19.3 Å². The van der Waals surface area contributed by atoms with E-state index < -0.39 is 0 Å². The first-order valence-corrected chi connectivity index (χ1v) is 9.99. The Hall–Kier alpha value is -3.73. The Bertz CT molecular complexity index is 1360. The summed E-state index contributed by atoms with van der Waals surface area (Å²) in [4.78, 5) is 33.0. The Kier molecular flexibility index (Phi) is 4.24. The van der Waals surface area contributed by atoms with Crippen molar-refractivity contribution in [3.63, 3.8) is 0 Å². The van der Waals surface area contributed by atoms with Crippen LogP contribution in [0.25, 0.3) is 16.6 Å². The van der Waals surface area contributed by atoms with Crippen LogP contribution >= 0.6 is 0 Å². The average molecular weight is 395 g/mol. The summed E-state index contributed by atoms with van der Waals surface area (Å²) < 4.78 is 1.66. The molecule has 0 bridgehead atoms. The standard InChI is InChI=1S/C25H21N3O2/c1-16-8-7-9-17(14-16)28-23(26-21-12-5-3-11-19(21)25(28)30)15-20-18-10-4-6-13-22(18)27(2)24(20)29/h3-14,20H,15H2,1-2H3/t20-/m1/s1. The number of carbonyl (C=O) groups is 1. The molecule has 0 spiro atoms. The Morgan fingerprint density at radius 3 is 2.53 bits per heavy atom. The zero-order valence-electron chi connectivity index (χ0n) is 16.9. The highest BCUT2D eigenvalue weighted by Gasteiger charge is 2.36. The number of hydrogen-bond donors (Lipinski definition) is 0. The van der Waals surface area contributed by atoms with Crippen molar-refractivity contribution < 1.29 is 4.79 Å². The zero-order chi connectivity index (χ0) is 20.8. The molecule has 1 aliphatic rings. The van der Waals surface area contributed by atoms with E-state index >= 15 is 0 Å². The maximum absolute atomic E-state index is 13.5. The second kappa shape index (κ2) is 6.95. The number of nitrogens with zero attached hydrogens (tertiary/aromatic N) is 3.